The van der Waals surface area contributed by atoms with Crippen LogP contribution in [-0.2, 0) is 38.7 Å². The fraction of sp³-hybridized carbons (Fsp3) is 0.533. The van der Waals surface area contributed by atoms with Crippen molar-refractivity contribution >= 4 is 57.6 Å². The molecular weight excluding hydrogens is 379 g/mol. The Morgan fingerprint density at radius 2 is 1.35 bits per heavy atom. The van der Waals surface area contributed by atoms with Gasteiger partial charge in [-0.15, -0.1) is 0 Å². The second-order valence-corrected chi connectivity index (χ2v) is 6.88. The standard InChI is InChI=1S/C15H22O9S.Na.H/c1-6-15(7-22-12(16)10(2)3,8-23-13(17)11(4)5)14(18)24-9-25(19,20)21;;/h2,4,6-9H2,1,3,5H3,(H,19,20,21);;. The molecule has 11 heteroatoms. The fourth-order valence-electron chi connectivity index (χ4n) is 1.44. The van der Waals surface area contributed by atoms with Crippen molar-refractivity contribution in [2.45, 2.75) is 27.2 Å². The van der Waals surface area contributed by atoms with Crippen molar-refractivity contribution in [1.82, 2.24) is 0 Å². The molecule has 0 aliphatic heterocycles. The van der Waals surface area contributed by atoms with Gasteiger partial charge in [-0.1, -0.05) is 20.1 Å². The van der Waals surface area contributed by atoms with E-state index in [1.54, 1.807) is 0 Å². The first-order valence-corrected chi connectivity index (χ1v) is 8.73. The number of ether oxygens (including phenoxy) is 3. The van der Waals surface area contributed by atoms with E-state index in [0.29, 0.717) is 0 Å². The van der Waals surface area contributed by atoms with Crippen LogP contribution in [0.3, 0.4) is 0 Å². The van der Waals surface area contributed by atoms with Crippen LogP contribution in [0.25, 0.3) is 0 Å². The van der Waals surface area contributed by atoms with Gasteiger partial charge in [0.15, 0.2) is 0 Å². The molecule has 0 saturated carbocycles. The van der Waals surface area contributed by atoms with Crippen molar-refractivity contribution in [2.75, 3.05) is 19.2 Å². The number of hydrogen-bond acceptors (Lipinski definition) is 8. The Hall–Kier alpha value is -1.20. The first kappa shape index (κ1) is 27.0. The van der Waals surface area contributed by atoms with Crippen LogP contribution in [0.15, 0.2) is 24.3 Å². The van der Waals surface area contributed by atoms with Crippen LogP contribution in [-0.4, -0.2) is 79.6 Å². The summed E-state index contributed by atoms with van der Waals surface area (Å²) >= 11 is 0. The molecule has 0 bridgehead atoms. The minimum absolute atomic E-state index is 0. The topological polar surface area (TPSA) is 133 Å². The van der Waals surface area contributed by atoms with Crippen LogP contribution in [0.5, 0.6) is 0 Å². The van der Waals surface area contributed by atoms with Crippen LogP contribution in [0.2, 0.25) is 0 Å². The van der Waals surface area contributed by atoms with Crippen molar-refractivity contribution < 1.29 is 41.6 Å². The van der Waals surface area contributed by atoms with Crippen molar-refractivity contribution in [1.29, 1.82) is 0 Å². The molecule has 0 rings (SSSR count). The number of carbonyl (C=O) groups excluding carboxylic acids is 3. The summed E-state index contributed by atoms with van der Waals surface area (Å²) in [6.45, 7) is 10.0. The molecule has 9 nitrogen and oxygen atoms in total. The number of esters is 3. The van der Waals surface area contributed by atoms with Crippen LogP contribution in [0, 0.1) is 5.41 Å². The summed E-state index contributed by atoms with van der Waals surface area (Å²) in [5, 5.41) is 0. The van der Waals surface area contributed by atoms with E-state index in [0.717, 1.165) is 0 Å². The SMILES string of the molecule is C=C(C)C(=O)OCC(CC)(COC(=O)C(=C)C)C(=O)OCS(=O)(=O)O.[NaH]. The first-order valence-electron chi connectivity index (χ1n) is 7.12. The average Bonchev–Trinajstić information content (AvgIpc) is 2.51. The van der Waals surface area contributed by atoms with Crippen LogP contribution >= 0.6 is 0 Å². The van der Waals surface area contributed by atoms with Gasteiger partial charge in [0.1, 0.15) is 18.6 Å². The maximum atomic E-state index is 12.3. The zero-order valence-electron chi connectivity index (χ0n) is 14.4. The summed E-state index contributed by atoms with van der Waals surface area (Å²) in [4.78, 5) is 35.4. The Kier molecular flexibility index (Phi) is 12.0. The van der Waals surface area contributed by atoms with Gasteiger partial charge in [0.05, 0.1) is 0 Å². The summed E-state index contributed by atoms with van der Waals surface area (Å²) in [6, 6.07) is 0. The Labute approximate surface area is 174 Å². The molecule has 0 heterocycles. The summed E-state index contributed by atoms with van der Waals surface area (Å²) in [5.74, 6) is -3.97. The van der Waals surface area contributed by atoms with E-state index in [4.69, 9.17) is 14.0 Å². The third kappa shape index (κ3) is 9.48. The Morgan fingerprint density at radius 3 is 1.62 bits per heavy atom. The third-order valence-corrected chi connectivity index (χ3v) is 3.52. The molecule has 0 amide bonds. The van der Waals surface area contributed by atoms with Crippen LogP contribution < -0.4 is 0 Å². The van der Waals surface area contributed by atoms with Crippen molar-refractivity contribution in [3.63, 3.8) is 0 Å². The molecule has 0 unspecified atom stereocenters. The van der Waals surface area contributed by atoms with Crippen molar-refractivity contribution in [3.05, 3.63) is 24.3 Å². The number of rotatable bonds is 10. The van der Waals surface area contributed by atoms with E-state index >= 15 is 0 Å². The third-order valence-electron chi connectivity index (χ3n) is 3.10. The molecule has 0 aromatic carbocycles. The minimum atomic E-state index is -4.56. The van der Waals surface area contributed by atoms with Gasteiger partial charge in [-0.25, -0.2) is 9.59 Å². The van der Waals surface area contributed by atoms with Crippen molar-refractivity contribution in [2.24, 2.45) is 5.41 Å². The van der Waals surface area contributed by atoms with Gasteiger partial charge in [-0.2, -0.15) is 8.42 Å². The van der Waals surface area contributed by atoms with Gasteiger partial charge < -0.3 is 14.2 Å². The molecule has 144 valence electrons. The molecular formula is C15H23NaO9S. The summed E-state index contributed by atoms with van der Waals surface area (Å²) in [7, 11) is -4.56. The zero-order valence-corrected chi connectivity index (χ0v) is 15.2. The quantitative estimate of drug-likeness (QED) is 0.181. The second-order valence-electron chi connectivity index (χ2n) is 5.48. The molecule has 0 aromatic heterocycles. The molecule has 26 heavy (non-hydrogen) atoms. The Balaban J connectivity index is 0. The monoisotopic (exact) mass is 402 g/mol. The van der Waals surface area contributed by atoms with E-state index in [9.17, 15) is 22.8 Å². The van der Waals surface area contributed by atoms with Gasteiger partial charge >= 0.3 is 57.6 Å². The van der Waals surface area contributed by atoms with Gasteiger partial charge in [0, 0.05) is 11.1 Å². The molecule has 0 fully saturated rings. The molecule has 0 radical (unpaired) electrons. The maximum absolute atomic E-state index is 12.3. The first-order chi connectivity index (χ1) is 11.3. The fourth-order valence-corrected chi connectivity index (χ4v) is 1.70. The summed E-state index contributed by atoms with van der Waals surface area (Å²) in [6.07, 6.45) is -0.00967. The van der Waals surface area contributed by atoms with Crippen LogP contribution in [0.4, 0.5) is 0 Å². The average molecular weight is 402 g/mol. The van der Waals surface area contributed by atoms with Gasteiger partial charge in [-0.05, 0) is 20.3 Å². The van der Waals surface area contributed by atoms with Gasteiger partial charge in [-0.3, -0.25) is 9.35 Å². The van der Waals surface area contributed by atoms with Crippen molar-refractivity contribution in [3.8, 4) is 0 Å². The normalized spacial score (nSPS) is 10.9. The van der Waals surface area contributed by atoms with Crippen LogP contribution in [0.1, 0.15) is 27.2 Å². The summed E-state index contributed by atoms with van der Waals surface area (Å²) in [5.41, 5.74) is -1.49. The molecule has 0 spiro atoms. The molecule has 0 saturated heterocycles. The number of carbonyl (C=O) groups is 3. The molecule has 1 N–H and O–H groups in total. The molecule has 0 atom stereocenters. The Morgan fingerprint density at radius 1 is 0.962 bits per heavy atom. The predicted octanol–water partition coefficient (Wildman–Crippen LogP) is 0.361. The van der Waals surface area contributed by atoms with E-state index in [1.807, 2.05) is 0 Å². The second kappa shape index (κ2) is 11.5. The zero-order chi connectivity index (χ0) is 19.8. The van der Waals surface area contributed by atoms with Gasteiger partial charge in [0.25, 0.3) is 0 Å². The summed E-state index contributed by atoms with van der Waals surface area (Å²) < 4.78 is 44.6. The predicted molar refractivity (Wildman–Crippen MR) is 93.9 cm³/mol. The molecule has 0 aliphatic rings. The molecule has 0 aliphatic carbocycles. The van der Waals surface area contributed by atoms with E-state index < -0.39 is 52.6 Å². The van der Waals surface area contributed by atoms with Gasteiger partial charge in [0.2, 0.25) is 5.94 Å². The number of hydrogen-bond donors (Lipinski definition) is 1. The van der Waals surface area contributed by atoms with E-state index in [-0.39, 0.29) is 47.1 Å². The Bertz CT molecular complexity index is 637. The molecule has 0 aromatic rings. The van der Waals surface area contributed by atoms with E-state index in [2.05, 4.69) is 17.9 Å². The van der Waals surface area contributed by atoms with E-state index in [1.165, 1.54) is 20.8 Å².